The van der Waals surface area contributed by atoms with E-state index in [1.165, 1.54) is 12.1 Å². The summed E-state index contributed by atoms with van der Waals surface area (Å²) < 4.78 is 42.9. The molecule has 0 saturated heterocycles. The van der Waals surface area contributed by atoms with E-state index in [0.717, 1.165) is 17.7 Å². The Morgan fingerprint density at radius 2 is 1.73 bits per heavy atom. The largest absolute Gasteiger partial charge is 0.489 e. The maximum atomic E-state index is 12.5. The van der Waals surface area contributed by atoms with E-state index in [2.05, 4.69) is 0 Å². The first-order valence-corrected chi connectivity index (χ1v) is 6.51. The molecule has 6 heteroatoms. The van der Waals surface area contributed by atoms with Crippen molar-refractivity contribution in [2.24, 2.45) is 5.73 Å². The Balaban J connectivity index is 1.99. The van der Waals surface area contributed by atoms with Crippen LogP contribution in [0.5, 0.6) is 5.75 Å². The van der Waals surface area contributed by atoms with E-state index in [1.807, 2.05) is 0 Å². The number of alkyl halides is 3. The molecule has 2 rings (SSSR count). The first-order valence-electron chi connectivity index (χ1n) is 6.51. The molecule has 0 aliphatic heterocycles. The molecule has 0 saturated carbocycles. The van der Waals surface area contributed by atoms with Crippen LogP contribution in [0.4, 0.5) is 13.2 Å². The summed E-state index contributed by atoms with van der Waals surface area (Å²) in [5.41, 5.74) is 5.76. The molecule has 0 atom stereocenters. The molecule has 0 bridgehead atoms. The van der Waals surface area contributed by atoms with E-state index in [0.29, 0.717) is 11.3 Å². The second-order valence-electron chi connectivity index (χ2n) is 4.77. The highest BCUT2D eigenvalue weighted by molar-refractivity contribution is 5.76. The van der Waals surface area contributed by atoms with Gasteiger partial charge in [0.2, 0.25) is 5.91 Å². The Morgan fingerprint density at radius 1 is 1.05 bits per heavy atom. The van der Waals surface area contributed by atoms with Crippen LogP contribution in [-0.2, 0) is 24.0 Å². The Labute approximate surface area is 125 Å². The Kier molecular flexibility index (Phi) is 4.70. The first kappa shape index (κ1) is 15.9. The lowest BCUT2D eigenvalue weighted by molar-refractivity contribution is -0.137. The van der Waals surface area contributed by atoms with Crippen LogP contribution in [0, 0.1) is 0 Å². The van der Waals surface area contributed by atoms with Gasteiger partial charge in [-0.15, -0.1) is 0 Å². The van der Waals surface area contributed by atoms with Gasteiger partial charge in [0.15, 0.2) is 0 Å². The lowest BCUT2D eigenvalue weighted by Gasteiger charge is -2.10. The maximum Gasteiger partial charge on any atom is 0.416 e. The molecule has 1 amide bonds. The molecule has 0 unspecified atom stereocenters. The Morgan fingerprint density at radius 3 is 2.32 bits per heavy atom. The van der Waals surface area contributed by atoms with Crippen molar-refractivity contribution in [2.45, 2.75) is 19.2 Å². The molecule has 116 valence electrons. The summed E-state index contributed by atoms with van der Waals surface area (Å²) in [7, 11) is 0. The SMILES string of the molecule is NC(=O)Cc1cccc(OCc2ccc(C(F)(F)F)cc2)c1. The van der Waals surface area contributed by atoms with Crippen molar-refractivity contribution in [1.82, 2.24) is 0 Å². The lowest BCUT2D eigenvalue weighted by atomic mass is 10.1. The molecule has 0 spiro atoms. The van der Waals surface area contributed by atoms with E-state index in [-0.39, 0.29) is 13.0 Å². The molecule has 0 heterocycles. The van der Waals surface area contributed by atoms with Crippen LogP contribution in [-0.4, -0.2) is 5.91 Å². The summed E-state index contributed by atoms with van der Waals surface area (Å²) in [4.78, 5) is 10.9. The minimum absolute atomic E-state index is 0.109. The zero-order valence-corrected chi connectivity index (χ0v) is 11.6. The highest BCUT2D eigenvalue weighted by Crippen LogP contribution is 2.29. The number of ether oxygens (including phenoxy) is 1. The molecule has 2 aromatic rings. The summed E-state index contributed by atoms with van der Waals surface area (Å²) in [5, 5.41) is 0. The Hall–Kier alpha value is -2.50. The van der Waals surface area contributed by atoms with Crippen molar-refractivity contribution in [1.29, 1.82) is 0 Å². The number of primary amides is 1. The number of carbonyl (C=O) groups is 1. The second-order valence-corrected chi connectivity index (χ2v) is 4.77. The number of rotatable bonds is 5. The summed E-state index contributed by atoms with van der Waals surface area (Å²) >= 11 is 0. The van der Waals surface area contributed by atoms with Gasteiger partial charge in [0.25, 0.3) is 0 Å². The summed E-state index contributed by atoms with van der Waals surface area (Å²) in [5.74, 6) is 0.0820. The van der Waals surface area contributed by atoms with Gasteiger partial charge in [-0.2, -0.15) is 13.2 Å². The van der Waals surface area contributed by atoms with Crippen LogP contribution in [0.3, 0.4) is 0 Å². The fourth-order valence-corrected chi connectivity index (χ4v) is 1.90. The van der Waals surface area contributed by atoms with Crippen molar-refractivity contribution in [2.75, 3.05) is 0 Å². The smallest absolute Gasteiger partial charge is 0.416 e. The summed E-state index contributed by atoms with van der Waals surface area (Å²) in [6, 6.07) is 11.6. The average molecular weight is 309 g/mol. The first-order chi connectivity index (χ1) is 10.3. The second kappa shape index (κ2) is 6.51. The minimum atomic E-state index is -4.34. The number of hydrogen-bond donors (Lipinski definition) is 1. The molecule has 0 aliphatic rings. The van der Waals surface area contributed by atoms with Gasteiger partial charge in [-0.05, 0) is 35.4 Å². The molecule has 3 nitrogen and oxygen atoms in total. The number of amides is 1. The minimum Gasteiger partial charge on any atom is -0.489 e. The van der Waals surface area contributed by atoms with E-state index in [9.17, 15) is 18.0 Å². The van der Waals surface area contributed by atoms with Crippen molar-refractivity contribution < 1.29 is 22.7 Å². The van der Waals surface area contributed by atoms with Crippen molar-refractivity contribution in [3.8, 4) is 5.75 Å². The predicted molar refractivity (Wildman–Crippen MR) is 75.1 cm³/mol. The van der Waals surface area contributed by atoms with Crippen LogP contribution < -0.4 is 10.5 Å². The van der Waals surface area contributed by atoms with Gasteiger partial charge < -0.3 is 10.5 Å². The highest BCUT2D eigenvalue weighted by Gasteiger charge is 2.29. The van der Waals surface area contributed by atoms with Crippen molar-refractivity contribution >= 4 is 5.91 Å². The van der Waals surface area contributed by atoms with Gasteiger partial charge >= 0.3 is 6.18 Å². The quantitative estimate of drug-likeness (QED) is 0.921. The molecule has 0 aliphatic carbocycles. The normalized spacial score (nSPS) is 11.2. The van der Waals surface area contributed by atoms with Crippen LogP contribution in [0.1, 0.15) is 16.7 Å². The van der Waals surface area contributed by atoms with Crippen molar-refractivity contribution in [3.63, 3.8) is 0 Å². The fraction of sp³-hybridized carbons (Fsp3) is 0.188. The third kappa shape index (κ3) is 4.51. The summed E-state index contributed by atoms with van der Waals surface area (Å²) in [6.45, 7) is 0.137. The number of halogens is 3. The topological polar surface area (TPSA) is 52.3 Å². The van der Waals surface area contributed by atoms with Gasteiger partial charge in [0, 0.05) is 0 Å². The molecule has 2 N–H and O–H groups in total. The van der Waals surface area contributed by atoms with Gasteiger partial charge in [-0.1, -0.05) is 24.3 Å². The number of hydrogen-bond acceptors (Lipinski definition) is 2. The summed E-state index contributed by atoms with van der Waals surface area (Å²) in [6.07, 6.45) is -4.24. The van der Waals surface area contributed by atoms with Gasteiger partial charge in [0.05, 0.1) is 12.0 Å². The molecule has 0 fully saturated rings. The number of carbonyl (C=O) groups excluding carboxylic acids is 1. The molecule has 0 radical (unpaired) electrons. The van der Waals surface area contributed by atoms with Gasteiger partial charge in [-0.25, -0.2) is 0 Å². The van der Waals surface area contributed by atoms with Gasteiger partial charge in [-0.3, -0.25) is 4.79 Å². The molecular weight excluding hydrogens is 295 g/mol. The van der Waals surface area contributed by atoms with Crippen LogP contribution in [0.15, 0.2) is 48.5 Å². The lowest BCUT2D eigenvalue weighted by Crippen LogP contribution is -2.13. The predicted octanol–water partition coefficient (Wildman–Crippen LogP) is 3.31. The Bertz CT molecular complexity index is 651. The zero-order valence-electron chi connectivity index (χ0n) is 11.6. The third-order valence-electron chi connectivity index (χ3n) is 2.96. The molecule has 22 heavy (non-hydrogen) atoms. The van der Waals surface area contributed by atoms with Crippen molar-refractivity contribution in [3.05, 3.63) is 65.2 Å². The number of benzene rings is 2. The monoisotopic (exact) mass is 309 g/mol. The number of nitrogens with two attached hydrogens (primary N) is 1. The maximum absolute atomic E-state index is 12.5. The van der Waals surface area contributed by atoms with Crippen LogP contribution >= 0.6 is 0 Å². The van der Waals surface area contributed by atoms with Crippen LogP contribution in [0.25, 0.3) is 0 Å². The van der Waals surface area contributed by atoms with Gasteiger partial charge in [0.1, 0.15) is 12.4 Å². The van der Waals surface area contributed by atoms with E-state index in [4.69, 9.17) is 10.5 Å². The zero-order chi connectivity index (χ0) is 16.2. The average Bonchev–Trinajstić information content (AvgIpc) is 2.44. The van der Waals surface area contributed by atoms with E-state index >= 15 is 0 Å². The van der Waals surface area contributed by atoms with Crippen LogP contribution in [0.2, 0.25) is 0 Å². The standard InChI is InChI=1S/C16H14F3NO2/c17-16(18,19)13-6-4-11(5-7-13)10-22-14-3-1-2-12(8-14)9-15(20)21/h1-8H,9-10H2,(H2,20,21). The highest BCUT2D eigenvalue weighted by atomic mass is 19.4. The van der Waals surface area contributed by atoms with E-state index in [1.54, 1.807) is 24.3 Å². The molecular formula is C16H14F3NO2. The molecule has 0 aromatic heterocycles. The molecule has 2 aromatic carbocycles. The third-order valence-corrected chi connectivity index (χ3v) is 2.96. The van der Waals surface area contributed by atoms with E-state index < -0.39 is 17.6 Å². The fourth-order valence-electron chi connectivity index (χ4n) is 1.90.